The second kappa shape index (κ2) is 6.46. The number of likely N-dealkylation sites (tertiary alicyclic amines) is 1. The van der Waals surface area contributed by atoms with E-state index < -0.39 is 0 Å². The summed E-state index contributed by atoms with van der Waals surface area (Å²) in [5, 5.41) is 4.67. The summed E-state index contributed by atoms with van der Waals surface area (Å²) in [6.07, 6.45) is 6.58. The molecule has 2 aliphatic rings. The molecule has 1 N–H and O–H groups in total. The van der Waals surface area contributed by atoms with E-state index in [1.54, 1.807) is 0 Å². The van der Waals surface area contributed by atoms with Gasteiger partial charge in [-0.15, -0.1) is 0 Å². The topological polar surface area (TPSA) is 15.3 Å². The highest BCUT2D eigenvalue weighted by atomic mass is 35.5. The molecule has 3 rings (SSSR count). The zero-order valence-electron chi connectivity index (χ0n) is 12.3. The van der Waals surface area contributed by atoms with Crippen molar-refractivity contribution in [1.82, 2.24) is 10.2 Å². The maximum absolute atomic E-state index is 5.98. The first-order chi connectivity index (χ1) is 9.76. The van der Waals surface area contributed by atoms with E-state index in [0.717, 1.165) is 17.5 Å². The molecule has 0 amide bonds. The normalized spacial score (nSPS) is 22.9. The van der Waals surface area contributed by atoms with Gasteiger partial charge in [-0.1, -0.05) is 30.7 Å². The second-order valence-corrected chi connectivity index (χ2v) is 6.66. The predicted octanol–water partition coefficient (Wildman–Crippen LogP) is 4.01. The molecule has 1 aliphatic heterocycles. The van der Waals surface area contributed by atoms with Crippen molar-refractivity contribution in [2.24, 2.45) is 0 Å². The Morgan fingerprint density at radius 2 is 1.80 bits per heavy atom. The van der Waals surface area contributed by atoms with Crippen LogP contribution >= 0.6 is 11.6 Å². The minimum atomic E-state index is 0.463. The van der Waals surface area contributed by atoms with Crippen molar-refractivity contribution < 1.29 is 0 Å². The van der Waals surface area contributed by atoms with Gasteiger partial charge < -0.3 is 10.2 Å². The number of piperidine rings is 1. The lowest BCUT2D eigenvalue weighted by Crippen LogP contribution is -2.44. The minimum absolute atomic E-state index is 0.463. The van der Waals surface area contributed by atoms with Gasteiger partial charge in [0.25, 0.3) is 0 Å². The molecule has 0 radical (unpaired) electrons. The lowest BCUT2D eigenvalue weighted by Gasteiger charge is -2.34. The van der Waals surface area contributed by atoms with E-state index in [-0.39, 0.29) is 0 Å². The lowest BCUT2D eigenvalue weighted by molar-refractivity contribution is 0.182. The number of halogens is 1. The van der Waals surface area contributed by atoms with Gasteiger partial charge in [0.05, 0.1) is 0 Å². The summed E-state index contributed by atoms with van der Waals surface area (Å²) >= 11 is 5.98. The van der Waals surface area contributed by atoms with Crippen LogP contribution in [0.4, 0.5) is 0 Å². The fourth-order valence-electron chi connectivity index (χ4n) is 3.30. The lowest BCUT2D eigenvalue weighted by atomic mass is 9.99. The largest absolute Gasteiger partial charge is 0.307 e. The van der Waals surface area contributed by atoms with Gasteiger partial charge in [0.15, 0.2) is 0 Å². The molecule has 110 valence electrons. The first-order valence-electron chi connectivity index (χ1n) is 8.02. The van der Waals surface area contributed by atoms with Crippen molar-refractivity contribution in [3.63, 3.8) is 0 Å². The Kier molecular flexibility index (Phi) is 4.65. The average molecular weight is 293 g/mol. The van der Waals surface area contributed by atoms with Gasteiger partial charge in [-0.3, -0.25) is 0 Å². The number of hydrogen-bond donors (Lipinski definition) is 1. The third-order valence-corrected chi connectivity index (χ3v) is 4.96. The van der Waals surface area contributed by atoms with Crippen LogP contribution in [0.2, 0.25) is 5.02 Å². The van der Waals surface area contributed by atoms with E-state index >= 15 is 0 Å². The van der Waals surface area contributed by atoms with Crippen LogP contribution < -0.4 is 5.32 Å². The Labute approximate surface area is 127 Å². The smallest absolute Gasteiger partial charge is 0.0406 e. The van der Waals surface area contributed by atoms with E-state index in [1.165, 1.54) is 44.3 Å². The number of rotatable bonds is 5. The van der Waals surface area contributed by atoms with Crippen molar-refractivity contribution in [3.8, 4) is 0 Å². The van der Waals surface area contributed by atoms with Crippen molar-refractivity contribution in [1.29, 1.82) is 0 Å². The summed E-state index contributed by atoms with van der Waals surface area (Å²) < 4.78 is 0. The number of benzene rings is 1. The molecule has 2 nitrogen and oxygen atoms in total. The van der Waals surface area contributed by atoms with Gasteiger partial charge in [-0.25, -0.2) is 0 Å². The van der Waals surface area contributed by atoms with E-state index in [4.69, 9.17) is 11.6 Å². The van der Waals surface area contributed by atoms with Gasteiger partial charge >= 0.3 is 0 Å². The molecule has 1 saturated heterocycles. The zero-order valence-corrected chi connectivity index (χ0v) is 13.1. The molecule has 2 fully saturated rings. The highest BCUT2D eigenvalue weighted by Crippen LogP contribution is 2.30. The highest BCUT2D eigenvalue weighted by molar-refractivity contribution is 6.30. The van der Waals surface area contributed by atoms with Crippen LogP contribution in [0, 0.1) is 0 Å². The molecule has 1 aromatic carbocycles. The van der Waals surface area contributed by atoms with Gasteiger partial charge in [-0.2, -0.15) is 0 Å². The van der Waals surface area contributed by atoms with Crippen LogP contribution in [0.3, 0.4) is 0 Å². The van der Waals surface area contributed by atoms with Crippen molar-refractivity contribution in [2.45, 2.75) is 57.2 Å². The third-order valence-electron chi connectivity index (χ3n) is 4.71. The number of hydrogen-bond acceptors (Lipinski definition) is 2. The molecule has 3 heteroatoms. The fraction of sp³-hybridized carbons (Fsp3) is 0.647. The van der Waals surface area contributed by atoms with Gasteiger partial charge in [0.2, 0.25) is 0 Å². The van der Waals surface area contributed by atoms with E-state index in [2.05, 4.69) is 29.3 Å². The van der Waals surface area contributed by atoms with E-state index in [0.29, 0.717) is 12.1 Å². The Balaban J connectivity index is 1.54. The first-order valence-corrected chi connectivity index (χ1v) is 8.39. The number of nitrogens with one attached hydrogen (secondary N) is 1. The third kappa shape index (κ3) is 3.55. The maximum atomic E-state index is 5.98. The zero-order chi connectivity index (χ0) is 13.9. The Bertz CT molecular complexity index is 419. The van der Waals surface area contributed by atoms with Crippen molar-refractivity contribution in [2.75, 3.05) is 13.1 Å². The minimum Gasteiger partial charge on any atom is -0.307 e. The molecule has 1 heterocycles. The van der Waals surface area contributed by atoms with Crippen LogP contribution in [0.15, 0.2) is 24.3 Å². The SMILES string of the molecule is CCC(NC1CCN(C2CC2)CC1)c1ccc(Cl)cc1. The molecule has 1 aliphatic carbocycles. The summed E-state index contributed by atoms with van der Waals surface area (Å²) in [7, 11) is 0. The quantitative estimate of drug-likeness (QED) is 0.882. The van der Waals surface area contributed by atoms with Gasteiger partial charge in [0.1, 0.15) is 0 Å². The van der Waals surface area contributed by atoms with Gasteiger partial charge in [-0.05, 0) is 62.9 Å². The van der Waals surface area contributed by atoms with Crippen LogP contribution in [0.5, 0.6) is 0 Å². The van der Waals surface area contributed by atoms with Gasteiger partial charge in [0, 0.05) is 23.1 Å². The summed E-state index contributed by atoms with van der Waals surface area (Å²) in [6, 6.07) is 10.4. The summed E-state index contributed by atoms with van der Waals surface area (Å²) in [5.74, 6) is 0. The van der Waals surface area contributed by atoms with Crippen LogP contribution in [-0.2, 0) is 0 Å². The second-order valence-electron chi connectivity index (χ2n) is 6.22. The maximum Gasteiger partial charge on any atom is 0.0406 e. The first kappa shape index (κ1) is 14.4. The van der Waals surface area contributed by atoms with Crippen molar-refractivity contribution >= 4 is 11.6 Å². The Hall–Kier alpha value is -0.570. The molecule has 1 unspecified atom stereocenters. The molecular weight excluding hydrogens is 268 g/mol. The predicted molar refractivity (Wildman–Crippen MR) is 85.2 cm³/mol. The summed E-state index contributed by atoms with van der Waals surface area (Å²) in [4.78, 5) is 2.68. The molecule has 0 spiro atoms. The van der Waals surface area contributed by atoms with E-state index in [9.17, 15) is 0 Å². The molecule has 0 aromatic heterocycles. The standard InChI is InChI=1S/C17H25ClN2/c1-2-17(13-3-5-14(18)6-4-13)19-15-9-11-20(12-10-15)16-7-8-16/h3-6,15-17,19H,2,7-12H2,1H3. The fourth-order valence-corrected chi connectivity index (χ4v) is 3.43. The van der Waals surface area contributed by atoms with Crippen LogP contribution in [0.25, 0.3) is 0 Å². The summed E-state index contributed by atoms with van der Waals surface area (Å²) in [5.41, 5.74) is 1.36. The molecular formula is C17H25ClN2. The molecule has 20 heavy (non-hydrogen) atoms. The number of nitrogens with zero attached hydrogens (tertiary/aromatic N) is 1. The Morgan fingerprint density at radius 3 is 2.35 bits per heavy atom. The average Bonchev–Trinajstić information content (AvgIpc) is 3.31. The van der Waals surface area contributed by atoms with Crippen LogP contribution in [-0.4, -0.2) is 30.1 Å². The van der Waals surface area contributed by atoms with Crippen molar-refractivity contribution in [3.05, 3.63) is 34.9 Å². The highest BCUT2D eigenvalue weighted by Gasteiger charge is 2.32. The molecule has 1 atom stereocenters. The molecule has 1 aromatic rings. The molecule has 1 saturated carbocycles. The summed E-state index contributed by atoms with van der Waals surface area (Å²) in [6.45, 7) is 4.81. The molecule has 0 bridgehead atoms. The van der Waals surface area contributed by atoms with Crippen LogP contribution in [0.1, 0.15) is 50.6 Å². The Morgan fingerprint density at radius 1 is 1.15 bits per heavy atom. The van der Waals surface area contributed by atoms with E-state index in [1.807, 2.05) is 12.1 Å². The monoisotopic (exact) mass is 292 g/mol.